The fourth-order valence-corrected chi connectivity index (χ4v) is 3.17. The van der Waals surface area contributed by atoms with Crippen LogP contribution in [0.4, 0.5) is 5.69 Å². The molecular weight excluding hydrogens is 230 g/mol. The van der Waals surface area contributed by atoms with E-state index in [1.807, 2.05) is 0 Å². The Hall–Kier alpha value is -1.37. The molecule has 0 atom stereocenters. The lowest BCUT2D eigenvalue weighted by molar-refractivity contribution is 0.667. The highest BCUT2D eigenvalue weighted by atomic mass is 14.8. The van der Waals surface area contributed by atoms with Crippen LogP contribution < -0.4 is 0 Å². The van der Waals surface area contributed by atoms with Gasteiger partial charge in [-0.15, -0.1) is 0 Å². The van der Waals surface area contributed by atoms with Crippen molar-refractivity contribution in [2.24, 2.45) is 4.99 Å². The van der Waals surface area contributed by atoms with Crippen molar-refractivity contribution in [3.05, 3.63) is 35.9 Å². The molecule has 3 rings (SSSR count). The van der Waals surface area contributed by atoms with Crippen molar-refractivity contribution < 1.29 is 0 Å². The van der Waals surface area contributed by atoms with Gasteiger partial charge in [-0.25, -0.2) is 0 Å². The van der Waals surface area contributed by atoms with E-state index in [0.29, 0.717) is 0 Å². The molecule has 0 spiro atoms. The fraction of sp³-hybridized carbons (Fsp3) is 0.500. The summed E-state index contributed by atoms with van der Waals surface area (Å²) in [6.07, 6.45) is 14.0. The van der Waals surface area contributed by atoms with Crippen molar-refractivity contribution in [2.45, 2.75) is 57.8 Å². The zero-order chi connectivity index (χ0) is 12.9. The SMILES string of the molecule is C1=C(c2ccccc2N=C2CCCCC2)CCCC1. The number of aliphatic imine (C=N–C) groups is 1. The molecule has 1 nitrogen and oxygen atoms in total. The summed E-state index contributed by atoms with van der Waals surface area (Å²) in [7, 11) is 0. The monoisotopic (exact) mass is 253 g/mol. The number of para-hydroxylation sites is 1. The van der Waals surface area contributed by atoms with E-state index >= 15 is 0 Å². The molecule has 1 fully saturated rings. The van der Waals surface area contributed by atoms with E-state index in [4.69, 9.17) is 4.99 Å². The first-order valence-electron chi connectivity index (χ1n) is 7.78. The highest BCUT2D eigenvalue weighted by Gasteiger charge is 2.12. The van der Waals surface area contributed by atoms with Gasteiger partial charge < -0.3 is 0 Å². The molecule has 2 aliphatic carbocycles. The first-order chi connectivity index (χ1) is 9.43. The number of nitrogens with zero attached hydrogens (tertiary/aromatic N) is 1. The van der Waals surface area contributed by atoms with Gasteiger partial charge in [0.25, 0.3) is 0 Å². The number of hydrogen-bond acceptors (Lipinski definition) is 1. The molecule has 0 aromatic heterocycles. The largest absolute Gasteiger partial charge is 0.257 e. The molecular formula is C18H23N. The average Bonchev–Trinajstić information content (AvgIpc) is 2.50. The third-order valence-corrected chi connectivity index (χ3v) is 4.25. The van der Waals surface area contributed by atoms with Crippen LogP contribution in [-0.4, -0.2) is 5.71 Å². The fourth-order valence-electron chi connectivity index (χ4n) is 3.17. The lowest BCUT2D eigenvalue weighted by Crippen LogP contribution is -2.04. The summed E-state index contributed by atoms with van der Waals surface area (Å²) in [5.41, 5.74) is 5.50. The number of benzene rings is 1. The predicted molar refractivity (Wildman–Crippen MR) is 83.1 cm³/mol. The van der Waals surface area contributed by atoms with Crippen LogP contribution in [0.25, 0.3) is 5.57 Å². The first-order valence-corrected chi connectivity index (χ1v) is 7.78. The first kappa shape index (κ1) is 12.7. The minimum absolute atomic E-state index is 1.20. The highest BCUT2D eigenvalue weighted by molar-refractivity contribution is 5.89. The third kappa shape index (κ3) is 3.15. The molecule has 0 amide bonds. The summed E-state index contributed by atoms with van der Waals surface area (Å²) >= 11 is 0. The summed E-state index contributed by atoms with van der Waals surface area (Å²) in [4.78, 5) is 4.97. The van der Waals surface area contributed by atoms with E-state index in [1.54, 1.807) is 0 Å². The molecule has 19 heavy (non-hydrogen) atoms. The molecule has 100 valence electrons. The van der Waals surface area contributed by atoms with Crippen molar-refractivity contribution in [3.8, 4) is 0 Å². The molecule has 0 heterocycles. The van der Waals surface area contributed by atoms with Crippen LogP contribution in [0.1, 0.15) is 63.4 Å². The van der Waals surface area contributed by atoms with E-state index < -0.39 is 0 Å². The minimum atomic E-state index is 1.20. The van der Waals surface area contributed by atoms with Crippen LogP contribution in [0.15, 0.2) is 35.3 Å². The molecule has 1 aromatic carbocycles. The summed E-state index contributed by atoms with van der Waals surface area (Å²) in [6.45, 7) is 0. The Morgan fingerprint density at radius 1 is 0.789 bits per heavy atom. The molecule has 0 radical (unpaired) electrons. The second-order valence-corrected chi connectivity index (χ2v) is 5.73. The average molecular weight is 253 g/mol. The van der Waals surface area contributed by atoms with Crippen LogP contribution in [0, 0.1) is 0 Å². The molecule has 0 N–H and O–H groups in total. The quantitative estimate of drug-likeness (QED) is 0.643. The standard InChI is InChI=1S/C18H23N/c1-3-9-15(10-4-1)17-13-7-8-14-18(17)19-16-11-5-2-6-12-16/h7-9,13-14H,1-6,10-12H2. The smallest absolute Gasteiger partial charge is 0.0703 e. The minimum Gasteiger partial charge on any atom is -0.257 e. The van der Waals surface area contributed by atoms with Crippen molar-refractivity contribution in [3.63, 3.8) is 0 Å². The lowest BCUT2D eigenvalue weighted by Gasteiger charge is -2.17. The maximum atomic E-state index is 4.97. The summed E-state index contributed by atoms with van der Waals surface area (Å²) in [5.74, 6) is 0. The number of rotatable bonds is 2. The van der Waals surface area contributed by atoms with Gasteiger partial charge in [0.15, 0.2) is 0 Å². The van der Waals surface area contributed by atoms with Gasteiger partial charge in [0, 0.05) is 11.3 Å². The van der Waals surface area contributed by atoms with Crippen LogP contribution in [0.5, 0.6) is 0 Å². The Bertz CT molecular complexity index is 488. The summed E-state index contributed by atoms with van der Waals surface area (Å²) in [6, 6.07) is 8.70. The van der Waals surface area contributed by atoms with Gasteiger partial charge in [-0.05, 0) is 63.0 Å². The summed E-state index contributed by atoms with van der Waals surface area (Å²) < 4.78 is 0. The van der Waals surface area contributed by atoms with E-state index in [-0.39, 0.29) is 0 Å². The van der Waals surface area contributed by atoms with Gasteiger partial charge in [-0.1, -0.05) is 30.7 Å². The Morgan fingerprint density at radius 3 is 2.37 bits per heavy atom. The predicted octanol–water partition coefficient (Wildman–Crippen LogP) is 5.68. The third-order valence-electron chi connectivity index (χ3n) is 4.25. The Labute approximate surface area is 116 Å². The number of hydrogen-bond donors (Lipinski definition) is 0. The van der Waals surface area contributed by atoms with E-state index in [9.17, 15) is 0 Å². The molecule has 0 saturated heterocycles. The Kier molecular flexibility index (Phi) is 4.12. The second-order valence-electron chi connectivity index (χ2n) is 5.73. The maximum Gasteiger partial charge on any atom is 0.0703 e. The van der Waals surface area contributed by atoms with Gasteiger partial charge in [-0.2, -0.15) is 0 Å². The Morgan fingerprint density at radius 2 is 1.58 bits per heavy atom. The lowest BCUT2D eigenvalue weighted by atomic mass is 9.92. The van der Waals surface area contributed by atoms with Crippen LogP contribution in [0.2, 0.25) is 0 Å². The van der Waals surface area contributed by atoms with Gasteiger partial charge in [-0.3, -0.25) is 4.99 Å². The molecule has 2 aliphatic rings. The zero-order valence-electron chi connectivity index (χ0n) is 11.7. The topological polar surface area (TPSA) is 12.4 Å². The molecule has 1 saturated carbocycles. The Balaban J connectivity index is 1.90. The molecule has 0 unspecified atom stereocenters. The highest BCUT2D eigenvalue weighted by Crippen LogP contribution is 2.33. The van der Waals surface area contributed by atoms with Crippen molar-refractivity contribution in [1.82, 2.24) is 0 Å². The second kappa shape index (κ2) is 6.18. The van der Waals surface area contributed by atoms with Crippen LogP contribution in [-0.2, 0) is 0 Å². The van der Waals surface area contributed by atoms with E-state index in [2.05, 4.69) is 30.3 Å². The molecule has 1 aromatic rings. The molecule has 1 heteroatoms. The van der Waals surface area contributed by atoms with Crippen LogP contribution >= 0.6 is 0 Å². The van der Waals surface area contributed by atoms with Crippen molar-refractivity contribution in [1.29, 1.82) is 0 Å². The van der Waals surface area contributed by atoms with Gasteiger partial charge in [0.05, 0.1) is 5.69 Å². The zero-order valence-corrected chi connectivity index (χ0v) is 11.7. The van der Waals surface area contributed by atoms with Gasteiger partial charge >= 0.3 is 0 Å². The summed E-state index contributed by atoms with van der Waals surface area (Å²) in [5, 5.41) is 0. The van der Waals surface area contributed by atoms with Crippen molar-refractivity contribution >= 4 is 17.0 Å². The normalized spacial score (nSPS) is 20.0. The van der Waals surface area contributed by atoms with Crippen molar-refractivity contribution in [2.75, 3.05) is 0 Å². The van der Waals surface area contributed by atoms with E-state index in [0.717, 1.165) is 0 Å². The van der Waals surface area contributed by atoms with E-state index in [1.165, 1.54) is 80.3 Å². The maximum absolute atomic E-state index is 4.97. The van der Waals surface area contributed by atoms with Gasteiger partial charge in [0.1, 0.15) is 0 Å². The number of allylic oxidation sites excluding steroid dienone is 2. The van der Waals surface area contributed by atoms with Crippen LogP contribution in [0.3, 0.4) is 0 Å². The molecule has 0 bridgehead atoms. The molecule has 0 aliphatic heterocycles. The van der Waals surface area contributed by atoms with Gasteiger partial charge in [0.2, 0.25) is 0 Å².